The largest absolute Gasteiger partial charge is 0.493 e. The molecule has 134 valence electrons. The normalized spacial score (nSPS) is 32.8. The molecule has 2 N–H and O–H groups in total. The summed E-state index contributed by atoms with van der Waals surface area (Å²) in [4.78, 5) is 14.7. The van der Waals surface area contributed by atoms with Crippen molar-refractivity contribution in [2.75, 3.05) is 27.9 Å². The second kappa shape index (κ2) is 5.72. The first-order valence-corrected chi connectivity index (χ1v) is 8.19. The van der Waals surface area contributed by atoms with E-state index in [-0.39, 0.29) is 11.9 Å². The van der Waals surface area contributed by atoms with E-state index in [4.69, 9.17) is 14.2 Å². The topological polar surface area (TPSA) is 88.5 Å². The summed E-state index contributed by atoms with van der Waals surface area (Å²) in [5.41, 5.74) is 1.91. The van der Waals surface area contributed by atoms with Crippen LogP contribution in [0.25, 0.3) is 0 Å². The van der Waals surface area contributed by atoms with Gasteiger partial charge >= 0.3 is 0 Å². The van der Waals surface area contributed by atoms with Crippen LogP contribution >= 0.6 is 0 Å². The quantitative estimate of drug-likeness (QED) is 0.765. The zero-order valence-corrected chi connectivity index (χ0v) is 14.3. The van der Waals surface area contributed by atoms with Crippen molar-refractivity contribution >= 4 is 5.91 Å². The molecule has 0 bridgehead atoms. The Morgan fingerprint density at radius 2 is 1.80 bits per heavy atom. The maximum absolute atomic E-state index is 13.0. The van der Waals surface area contributed by atoms with E-state index in [9.17, 15) is 15.0 Å². The number of rotatable bonds is 3. The number of carbonyl (C=O) groups excluding carboxylic acids is 1. The molecule has 0 spiro atoms. The molecular formula is C18H21NO6. The van der Waals surface area contributed by atoms with E-state index >= 15 is 0 Å². The monoisotopic (exact) mass is 347 g/mol. The van der Waals surface area contributed by atoms with Crippen LogP contribution in [-0.4, -0.2) is 73.2 Å². The Morgan fingerprint density at radius 3 is 2.44 bits per heavy atom. The van der Waals surface area contributed by atoms with Gasteiger partial charge in [-0.1, -0.05) is 6.08 Å². The Morgan fingerprint density at radius 1 is 1.12 bits per heavy atom. The summed E-state index contributed by atoms with van der Waals surface area (Å²) in [7, 11) is 4.51. The molecule has 25 heavy (non-hydrogen) atoms. The van der Waals surface area contributed by atoms with E-state index in [1.165, 1.54) is 21.3 Å². The van der Waals surface area contributed by atoms with Crippen LogP contribution < -0.4 is 9.47 Å². The highest BCUT2D eigenvalue weighted by Crippen LogP contribution is 2.49. The Labute approximate surface area is 145 Å². The van der Waals surface area contributed by atoms with E-state index in [0.717, 1.165) is 5.57 Å². The van der Waals surface area contributed by atoms with Crippen molar-refractivity contribution in [3.05, 3.63) is 34.9 Å². The summed E-state index contributed by atoms with van der Waals surface area (Å²) in [5.74, 6) is 0.431. The number of ether oxygens (including phenoxy) is 3. The Kier molecular flexibility index (Phi) is 3.75. The molecule has 3 aliphatic rings. The van der Waals surface area contributed by atoms with Crippen LogP contribution in [0.5, 0.6) is 11.5 Å². The third-order valence-electron chi connectivity index (χ3n) is 5.58. The molecule has 0 saturated heterocycles. The summed E-state index contributed by atoms with van der Waals surface area (Å²) in [6, 6.07) is 3.04. The van der Waals surface area contributed by atoms with Crippen LogP contribution in [-0.2, 0) is 4.74 Å². The Balaban J connectivity index is 1.92. The molecule has 1 amide bonds. The van der Waals surface area contributed by atoms with Crippen molar-refractivity contribution in [3.8, 4) is 11.5 Å². The van der Waals surface area contributed by atoms with Gasteiger partial charge in [0.05, 0.1) is 26.4 Å². The van der Waals surface area contributed by atoms with E-state index in [1.54, 1.807) is 17.0 Å². The van der Waals surface area contributed by atoms with Gasteiger partial charge in [0.1, 0.15) is 12.2 Å². The minimum Gasteiger partial charge on any atom is -0.493 e. The van der Waals surface area contributed by atoms with Gasteiger partial charge in [0.2, 0.25) is 0 Å². The van der Waals surface area contributed by atoms with Crippen molar-refractivity contribution in [1.29, 1.82) is 0 Å². The fourth-order valence-electron chi connectivity index (χ4n) is 4.42. The van der Waals surface area contributed by atoms with E-state index in [2.05, 4.69) is 0 Å². The molecule has 1 aliphatic carbocycles. The summed E-state index contributed by atoms with van der Waals surface area (Å²) in [6.45, 7) is 0.406. The van der Waals surface area contributed by atoms with Crippen LogP contribution in [0.2, 0.25) is 0 Å². The van der Waals surface area contributed by atoms with Gasteiger partial charge in [0, 0.05) is 25.1 Å². The number of carbonyl (C=O) groups is 1. The number of benzene rings is 1. The molecule has 7 nitrogen and oxygen atoms in total. The van der Waals surface area contributed by atoms with Gasteiger partial charge in [-0.05, 0) is 23.3 Å². The molecule has 1 aromatic carbocycles. The predicted octanol–water partition coefficient (Wildman–Crippen LogP) is 0.302. The number of nitrogens with zero attached hydrogens (tertiary/aromatic N) is 1. The SMILES string of the molecule is COc1cc2c(cc1OC)[C@@H]1[C@H](O)[C@@H](OC)[C@H](O)C3=CCN(C2=O)[C@H]31. The zero-order chi connectivity index (χ0) is 17.9. The zero-order valence-electron chi connectivity index (χ0n) is 14.3. The van der Waals surface area contributed by atoms with Gasteiger partial charge in [-0.25, -0.2) is 0 Å². The lowest BCUT2D eigenvalue weighted by Gasteiger charge is -2.48. The first kappa shape index (κ1) is 16.4. The average Bonchev–Trinajstić information content (AvgIpc) is 3.06. The molecule has 4 rings (SSSR count). The van der Waals surface area contributed by atoms with Gasteiger partial charge in [-0.3, -0.25) is 4.79 Å². The highest BCUT2D eigenvalue weighted by Gasteiger charge is 2.55. The first-order valence-electron chi connectivity index (χ1n) is 8.19. The first-order chi connectivity index (χ1) is 12.0. The summed E-state index contributed by atoms with van der Waals surface area (Å²) in [6.07, 6.45) is -0.770. The maximum atomic E-state index is 13.0. The molecule has 1 fully saturated rings. The standard InChI is InChI=1S/C18H21NO6/c1-23-11-6-9-10(7-12(11)24-2)18(22)19-5-4-8-14(19)13(9)16(21)17(25-3)15(8)20/h4,6-7,13-17,20-21H,5H2,1-3H3/t13-,14+,15+,16-,17-/m0/s1. The molecule has 5 atom stereocenters. The minimum atomic E-state index is -0.951. The van der Waals surface area contributed by atoms with E-state index in [0.29, 0.717) is 29.2 Å². The molecule has 0 aromatic heterocycles. The van der Waals surface area contributed by atoms with Gasteiger partial charge < -0.3 is 29.3 Å². The highest BCUT2D eigenvalue weighted by molar-refractivity contribution is 5.99. The van der Waals surface area contributed by atoms with E-state index < -0.39 is 24.2 Å². The lowest BCUT2D eigenvalue weighted by atomic mass is 9.69. The second-order valence-electron chi connectivity index (χ2n) is 6.56. The third kappa shape index (κ3) is 2.06. The predicted molar refractivity (Wildman–Crippen MR) is 88.0 cm³/mol. The molecule has 2 heterocycles. The minimum absolute atomic E-state index is 0.140. The Hall–Kier alpha value is -2.09. The van der Waals surface area contributed by atoms with Crippen LogP contribution in [0.3, 0.4) is 0 Å². The lowest BCUT2D eigenvalue weighted by molar-refractivity contribution is -0.104. The number of aliphatic hydroxyl groups excluding tert-OH is 2. The van der Waals surface area contributed by atoms with Crippen molar-refractivity contribution in [3.63, 3.8) is 0 Å². The number of amides is 1. The summed E-state index contributed by atoms with van der Waals surface area (Å²) < 4.78 is 16.0. The number of hydrogen-bond acceptors (Lipinski definition) is 6. The number of hydrogen-bond donors (Lipinski definition) is 2. The number of aliphatic hydroxyl groups is 2. The molecular weight excluding hydrogens is 326 g/mol. The third-order valence-corrected chi connectivity index (χ3v) is 5.58. The molecule has 0 radical (unpaired) electrons. The van der Waals surface area contributed by atoms with Gasteiger partial charge in [0.25, 0.3) is 5.91 Å². The summed E-state index contributed by atoms with van der Waals surface area (Å²) >= 11 is 0. The molecule has 0 unspecified atom stereocenters. The van der Waals surface area contributed by atoms with Gasteiger partial charge in [0.15, 0.2) is 11.5 Å². The molecule has 2 aliphatic heterocycles. The van der Waals surface area contributed by atoms with Crippen LogP contribution in [0.1, 0.15) is 21.8 Å². The van der Waals surface area contributed by atoms with Crippen molar-refractivity contribution in [1.82, 2.24) is 4.90 Å². The fourth-order valence-corrected chi connectivity index (χ4v) is 4.42. The van der Waals surface area contributed by atoms with Crippen LogP contribution in [0.15, 0.2) is 23.8 Å². The second-order valence-corrected chi connectivity index (χ2v) is 6.56. The van der Waals surface area contributed by atoms with Crippen molar-refractivity contribution < 1.29 is 29.2 Å². The van der Waals surface area contributed by atoms with Crippen LogP contribution in [0.4, 0.5) is 0 Å². The van der Waals surface area contributed by atoms with Crippen molar-refractivity contribution in [2.24, 2.45) is 0 Å². The van der Waals surface area contributed by atoms with E-state index in [1.807, 2.05) is 6.08 Å². The number of methoxy groups -OCH3 is 3. The lowest BCUT2D eigenvalue weighted by Crippen LogP contribution is -2.59. The average molecular weight is 347 g/mol. The number of fused-ring (bicyclic) bond motifs is 2. The molecule has 1 aromatic rings. The molecule has 1 saturated carbocycles. The summed E-state index contributed by atoms with van der Waals surface area (Å²) in [5, 5.41) is 21.4. The van der Waals surface area contributed by atoms with Gasteiger partial charge in [-0.2, -0.15) is 0 Å². The van der Waals surface area contributed by atoms with Crippen LogP contribution in [0, 0.1) is 0 Å². The van der Waals surface area contributed by atoms with Crippen molar-refractivity contribution in [2.45, 2.75) is 30.3 Å². The smallest absolute Gasteiger partial charge is 0.255 e. The fraction of sp³-hybridized carbons (Fsp3) is 0.500. The highest BCUT2D eigenvalue weighted by atomic mass is 16.5. The molecule has 7 heteroatoms. The Bertz CT molecular complexity index is 760. The maximum Gasteiger partial charge on any atom is 0.255 e. The van der Waals surface area contributed by atoms with Gasteiger partial charge in [-0.15, -0.1) is 0 Å².